The SMILES string of the molecule is CCC(C)NC(=O)c1ccccc1NC(=O)C(C)(N)CC. The van der Waals surface area contributed by atoms with Gasteiger partial charge in [0.1, 0.15) is 0 Å². The zero-order valence-corrected chi connectivity index (χ0v) is 13.2. The molecule has 21 heavy (non-hydrogen) atoms. The third-order valence-corrected chi connectivity index (χ3v) is 3.66. The zero-order valence-electron chi connectivity index (χ0n) is 13.2. The topological polar surface area (TPSA) is 84.2 Å². The molecule has 0 saturated heterocycles. The van der Waals surface area contributed by atoms with Crippen LogP contribution in [-0.4, -0.2) is 23.4 Å². The molecule has 2 amide bonds. The van der Waals surface area contributed by atoms with Crippen molar-refractivity contribution in [2.45, 2.75) is 52.1 Å². The first kappa shape index (κ1) is 17.2. The van der Waals surface area contributed by atoms with Gasteiger partial charge in [-0.05, 0) is 38.8 Å². The van der Waals surface area contributed by atoms with Crippen molar-refractivity contribution in [1.82, 2.24) is 5.32 Å². The lowest BCUT2D eigenvalue weighted by Gasteiger charge is -2.22. The van der Waals surface area contributed by atoms with Crippen LogP contribution in [0.5, 0.6) is 0 Å². The number of hydrogen-bond donors (Lipinski definition) is 3. The summed E-state index contributed by atoms with van der Waals surface area (Å²) in [6, 6.07) is 7.01. The third kappa shape index (κ3) is 4.56. The number of nitrogens with two attached hydrogens (primary N) is 1. The highest BCUT2D eigenvalue weighted by molar-refractivity contribution is 6.05. The van der Waals surface area contributed by atoms with Crippen LogP contribution in [0.3, 0.4) is 0 Å². The Morgan fingerprint density at radius 2 is 1.90 bits per heavy atom. The first-order valence-corrected chi connectivity index (χ1v) is 7.32. The Bertz CT molecular complexity index is 512. The van der Waals surface area contributed by atoms with Gasteiger partial charge in [-0.1, -0.05) is 26.0 Å². The summed E-state index contributed by atoms with van der Waals surface area (Å²) in [5.41, 5.74) is 5.89. The average Bonchev–Trinajstić information content (AvgIpc) is 2.47. The number of nitrogens with one attached hydrogen (secondary N) is 2. The molecule has 1 aromatic carbocycles. The number of benzene rings is 1. The van der Waals surface area contributed by atoms with Crippen LogP contribution < -0.4 is 16.4 Å². The molecule has 0 spiro atoms. The fourth-order valence-corrected chi connectivity index (χ4v) is 1.62. The maximum absolute atomic E-state index is 12.2. The van der Waals surface area contributed by atoms with E-state index in [1.165, 1.54) is 0 Å². The lowest BCUT2D eigenvalue weighted by molar-refractivity contribution is -0.120. The lowest BCUT2D eigenvalue weighted by Crippen LogP contribution is -2.48. The van der Waals surface area contributed by atoms with Crippen molar-refractivity contribution in [3.8, 4) is 0 Å². The lowest BCUT2D eigenvalue weighted by atomic mass is 9.99. The number of carbonyl (C=O) groups is 2. The maximum atomic E-state index is 12.2. The molecule has 0 aliphatic rings. The fraction of sp³-hybridized carbons (Fsp3) is 0.500. The van der Waals surface area contributed by atoms with E-state index in [0.29, 0.717) is 17.7 Å². The van der Waals surface area contributed by atoms with E-state index in [9.17, 15) is 9.59 Å². The Morgan fingerprint density at radius 3 is 2.48 bits per heavy atom. The van der Waals surface area contributed by atoms with E-state index in [2.05, 4.69) is 10.6 Å². The summed E-state index contributed by atoms with van der Waals surface area (Å²) < 4.78 is 0. The average molecular weight is 291 g/mol. The smallest absolute Gasteiger partial charge is 0.253 e. The molecule has 2 unspecified atom stereocenters. The van der Waals surface area contributed by atoms with Crippen LogP contribution in [0.2, 0.25) is 0 Å². The highest BCUT2D eigenvalue weighted by Gasteiger charge is 2.27. The second-order valence-electron chi connectivity index (χ2n) is 5.55. The van der Waals surface area contributed by atoms with Gasteiger partial charge >= 0.3 is 0 Å². The van der Waals surface area contributed by atoms with Gasteiger partial charge in [0.2, 0.25) is 5.91 Å². The van der Waals surface area contributed by atoms with Gasteiger partial charge < -0.3 is 16.4 Å². The minimum atomic E-state index is -0.958. The van der Waals surface area contributed by atoms with Crippen molar-refractivity contribution in [3.05, 3.63) is 29.8 Å². The Hall–Kier alpha value is -1.88. The molecule has 1 aromatic rings. The summed E-state index contributed by atoms with van der Waals surface area (Å²) in [5, 5.41) is 5.64. The number of rotatable bonds is 6. The van der Waals surface area contributed by atoms with E-state index >= 15 is 0 Å². The Morgan fingerprint density at radius 1 is 1.29 bits per heavy atom. The molecule has 0 bridgehead atoms. The van der Waals surface area contributed by atoms with Crippen LogP contribution >= 0.6 is 0 Å². The Kier molecular flexibility index (Phi) is 5.90. The first-order valence-electron chi connectivity index (χ1n) is 7.32. The minimum Gasteiger partial charge on any atom is -0.350 e. The van der Waals surface area contributed by atoms with Gasteiger partial charge in [-0.2, -0.15) is 0 Å². The van der Waals surface area contributed by atoms with Gasteiger partial charge in [0.25, 0.3) is 5.91 Å². The van der Waals surface area contributed by atoms with E-state index in [1.54, 1.807) is 31.2 Å². The van der Waals surface area contributed by atoms with Gasteiger partial charge in [0, 0.05) is 6.04 Å². The molecule has 0 radical (unpaired) electrons. The predicted molar refractivity (Wildman–Crippen MR) is 85.2 cm³/mol. The summed E-state index contributed by atoms with van der Waals surface area (Å²) in [6.07, 6.45) is 1.36. The molecule has 5 nitrogen and oxygen atoms in total. The zero-order chi connectivity index (χ0) is 16.0. The van der Waals surface area contributed by atoms with E-state index in [-0.39, 0.29) is 17.9 Å². The molecule has 0 saturated carbocycles. The molecule has 116 valence electrons. The summed E-state index contributed by atoms with van der Waals surface area (Å²) >= 11 is 0. The highest BCUT2D eigenvalue weighted by atomic mass is 16.2. The summed E-state index contributed by atoms with van der Waals surface area (Å²) in [6.45, 7) is 7.46. The number of carbonyl (C=O) groups excluding carboxylic acids is 2. The van der Waals surface area contributed by atoms with Crippen LogP contribution in [0.4, 0.5) is 5.69 Å². The van der Waals surface area contributed by atoms with Gasteiger partial charge in [-0.25, -0.2) is 0 Å². The van der Waals surface area contributed by atoms with Gasteiger partial charge in [-0.15, -0.1) is 0 Å². The van der Waals surface area contributed by atoms with Crippen molar-refractivity contribution < 1.29 is 9.59 Å². The fourth-order valence-electron chi connectivity index (χ4n) is 1.62. The second-order valence-corrected chi connectivity index (χ2v) is 5.55. The number of anilines is 1. The molecule has 2 atom stereocenters. The Balaban J connectivity index is 2.95. The van der Waals surface area contributed by atoms with Crippen LogP contribution in [0.1, 0.15) is 50.9 Å². The van der Waals surface area contributed by atoms with Crippen molar-refractivity contribution in [1.29, 1.82) is 0 Å². The van der Waals surface area contributed by atoms with Crippen LogP contribution in [0, 0.1) is 0 Å². The normalized spacial score (nSPS) is 14.9. The predicted octanol–water partition coefficient (Wildman–Crippen LogP) is 2.28. The largest absolute Gasteiger partial charge is 0.350 e. The minimum absolute atomic E-state index is 0.0803. The molecule has 0 heterocycles. The van der Waals surface area contributed by atoms with E-state index in [0.717, 1.165) is 6.42 Å². The monoisotopic (exact) mass is 291 g/mol. The molecule has 0 aliphatic heterocycles. The first-order chi connectivity index (χ1) is 9.81. The van der Waals surface area contributed by atoms with Crippen molar-refractivity contribution in [3.63, 3.8) is 0 Å². The number of para-hydroxylation sites is 1. The quantitative estimate of drug-likeness (QED) is 0.751. The molecule has 5 heteroatoms. The van der Waals surface area contributed by atoms with Crippen LogP contribution in [0.15, 0.2) is 24.3 Å². The second kappa shape index (κ2) is 7.22. The number of hydrogen-bond acceptors (Lipinski definition) is 3. The Labute approximate surface area is 126 Å². The summed E-state index contributed by atoms with van der Waals surface area (Å²) in [7, 11) is 0. The van der Waals surface area contributed by atoms with Gasteiger partial charge in [-0.3, -0.25) is 9.59 Å². The third-order valence-electron chi connectivity index (χ3n) is 3.66. The number of amides is 2. The molecule has 4 N–H and O–H groups in total. The van der Waals surface area contributed by atoms with Gasteiger partial charge in [0.15, 0.2) is 0 Å². The van der Waals surface area contributed by atoms with Crippen molar-refractivity contribution in [2.75, 3.05) is 5.32 Å². The van der Waals surface area contributed by atoms with Crippen molar-refractivity contribution >= 4 is 17.5 Å². The van der Waals surface area contributed by atoms with E-state index < -0.39 is 5.54 Å². The molecular weight excluding hydrogens is 266 g/mol. The molecule has 0 fully saturated rings. The molecular formula is C16H25N3O2. The van der Waals surface area contributed by atoms with E-state index in [4.69, 9.17) is 5.73 Å². The molecule has 0 aliphatic carbocycles. The van der Waals surface area contributed by atoms with Crippen LogP contribution in [-0.2, 0) is 4.79 Å². The van der Waals surface area contributed by atoms with Crippen molar-refractivity contribution in [2.24, 2.45) is 5.73 Å². The standard InChI is InChI=1S/C16H25N3O2/c1-5-11(3)18-14(20)12-9-7-8-10-13(12)19-15(21)16(4,17)6-2/h7-11H,5-6,17H2,1-4H3,(H,18,20)(H,19,21). The highest BCUT2D eigenvalue weighted by Crippen LogP contribution is 2.17. The van der Waals surface area contributed by atoms with E-state index in [1.807, 2.05) is 20.8 Å². The molecule has 0 aromatic heterocycles. The van der Waals surface area contributed by atoms with Crippen LogP contribution in [0.25, 0.3) is 0 Å². The summed E-state index contributed by atoms with van der Waals surface area (Å²) in [5.74, 6) is -0.496. The summed E-state index contributed by atoms with van der Waals surface area (Å²) in [4.78, 5) is 24.4. The van der Waals surface area contributed by atoms with Gasteiger partial charge in [0.05, 0.1) is 16.8 Å². The maximum Gasteiger partial charge on any atom is 0.253 e. The molecule has 1 rings (SSSR count).